The molecule has 0 aliphatic heterocycles. The molecule has 0 aromatic carbocycles. The van der Waals surface area contributed by atoms with Crippen LogP contribution in [0.2, 0.25) is 0 Å². The van der Waals surface area contributed by atoms with Crippen LogP contribution in [0.3, 0.4) is 0 Å². The fourth-order valence-corrected chi connectivity index (χ4v) is 1.31. The van der Waals surface area contributed by atoms with Crippen molar-refractivity contribution in [3.8, 4) is 0 Å². The minimum absolute atomic E-state index is 0.154. The summed E-state index contributed by atoms with van der Waals surface area (Å²) in [6.07, 6.45) is -0.276. The van der Waals surface area contributed by atoms with Gasteiger partial charge in [-0.15, -0.1) is 10.1 Å². The number of nitrogens with one attached hydrogen (secondary N) is 1. The third-order valence-corrected chi connectivity index (χ3v) is 2.04. The number of carbonyl (C=O) groups excluding carboxylic acids is 1. The maximum Gasteiger partial charge on any atom is 0.294 e. The van der Waals surface area contributed by atoms with Gasteiger partial charge in [0.25, 0.3) is 5.09 Å². The zero-order valence-electron chi connectivity index (χ0n) is 9.15. The molecule has 7 heteroatoms. The van der Waals surface area contributed by atoms with Crippen LogP contribution in [0, 0.1) is 10.1 Å². The molecule has 0 saturated heterocycles. The van der Waals surface area contributed by atoms with E-state index in [0.717, 1.165) is 0 Å². The Morgan fingerprint density at radius 1 is 1.67 bits per heavy atom. The smallest absolute Gasteiger partial charge is 0.294 e. The summed E-state index contributed by atoms with van der Waals surface area (Å²) in [6.45, 7) is 4.89. The van der Waals surface area contributed by atoms with Gasteiger partial charge in [0.05, 0.1) is 12.1 Å². The Kier molecular flexibility index (Phi) is 4.99. The molecular weight excluding hydrogens is 202 g/mol. The number of nitrogens with two attached hydrogens (primary N) is 1. The van der Waals surface area contributed by atoms with E-state index in [1.165, 1.54) is 0 Å². The van der Waals surface area contributed by atoms with E-state index in [9.17, 15) is 14.9 Å². The van der Waals surface area contributed by atoms with Crippen molar-refractivity contribution in [1.29, 1.82) is 0 Å². The molecule has 7 nitrogen and oxygen atoms in total. The van der Waals surface area contributed by atoms with Crippen LogP contribution in [0.4, 0.5) is 0 Å². The topological polar surface area (TPSA) is 107 Å². The van der Waals surface area contributed by atoms with Crippen molar-refractivity contribution >= 4 is 5.91 Å². The summed E-state index contributed by atoms with van der Waals surface area (Å²) in [4.78, 5) is 25.8. The first-order chi connectivity index (χ1) is 6.83. The molecule has 0 saturated carbocycles. The SMILES string of the molecule is CCC(O[N+](=O)[O-])C(C)(C)NC(=O)CN. The van der Waals surface area contributed by atoms with Crippen molar-refractivity contribution in [2.75, 3.05) is 6.54 Å². The summed E-state index contributed by atoms with van der Waals surface area (Å²) >= 11 is 0. The highest BCUT2D eigenvalue weighted by Gasteiger charge is 2.32. The zero-order valence-corrected chi connectivity index (χ0v) is 9.15. The van der Waals surface area contributed by atoms with Gasteiger partial charge in [-0.2, -0.15) is 0 Å². The molecule has 1 atom stereocenters. The number of carbonyl (C=O) groups is 1. The quantitative estimate of drug-likeness (QED) is 0.476. The van der Waals surface area contributed by atoms with Crippen LogP contribution in [0.15, 0.2) is 0 Å². The Labute approximate surface area is 88.1 Å². The molecule has 1 unspecified atom stereocenters. The third kappa shape index (κ3) is 4.59. The lowest BCUT2D eigenvalue weighted by molar-refractivity contribution is -0.770. The largest absolute Gasteiger partial charge is 0.348 e. The molecule has 0 spiro atoms. The molecule has 0 aliphatic carbocycles. The van der Waals surface area contributed by atoms with Crippen molar-refractivity contribution in [3.63, 3.8) is 0 Å². The van der Waals surface area contributed by atoms with Crippen LogP contribution in [0.5, 0.6) is 0 Å². The molecule has 88 valence electrons. The molecule has 0 rings (SSSR count). The highest BCUT2D eigenvalue weighted by atomic mass is 17.0. The van der Waals surface area contributed by atoms with Gasteiger partial charge in [-0.05, 0) is 20.3 Å². The van der Waals surface area contributed by atoms with Crippen LogP contribution in [-0.4, -0.2) is 29.2 Å². The lowest BCUT2D eigenvalue weighted by Gasteiger charge is -2.32. The molecule has 3 N–H and O–H groups in total. The molecule has 0 aromatic heterocycles. The summed E-state index contributed by atoms with van der Waals surface area (Å²) in [6, 6.07) is 0. The van der Waals surface area contributed by atoms with Gasteiger partial charge in [0, 0.05) is 0 Å². The van der Waals surface area contributed by atoms with Crippen molar-refractivity contribution in [2.24, 2.45) is 5.73 Å². The van der Waals surface area contributed by atoms with Gasteiger partial charge in [0.1, 0.15) is 6.10 Å². The average molecular weight is 219 g/mol. The van der Waals surface area contributed by atoms with Gasteiger partial charge in [-0.25, -0.2) is 0 Å². The lowest BCUT2D eigenvalue weighted by Crippen LogP contribution is -2.54. The van der Waals surface area contributed by atoms with E-state index in [2.05, 4.69) is 10.2 Å². The Morgan fingerprint density at radius 2 is 2.20 bits per heavy atom. The van der Waals surface area contributed by atoms with Gasteiger partial charge in [0.2, 0.25) is 5.91 Å². The van der Waals surface area contributed by atoms with E-state index in [4.69, 9.17) is 5.73 Å². The van der Waals surface area contributed by atoms with E-state index >= 15 is 0 Å². The summed E-state index contributed by atoms with van der Waals surface area (Å²) in [7, 11) is 0. The van der Waals surface area contributed by atoms with E-state index < -0.39 is 16.7 Å². The zero-order chi connectivity index (χ0) is 12.1. The summed E-state index contributed by atoms with van der Waals surface area (Å²) < 4.78 is 0. The Bertz CT molecular complexity index is 242. The number of hydrogen-bond acceptors (Lipinski definition) is 5. The molecule has 0 aromatic rings. The molecule has 15 heavy (non-hydrogen) atoms. The van der Waals surface area contributed by atoms with Crippen molar-refractivity contribution < 1.29 is 14.7 Å². The van der Waals surface area contributed by atoms with Gasteiger partial charge in [-0.1, -0.05) is 6.92 Å². The maximum absolute atomic E-state index is 11.1. The summed E-state index contributed by atoms with van der Waals surface area (Å²) in [5, 5.41) is 11.9. The summed E-state index contributed by atoms with van der Waals surface area (Å²) in [5.41, 5.74) is 4.31. The van der Waals surface area contributed by atoms with Gasteiger partial charge >= 0.3 is 0 Å². The normalized spacial score (nSPS) is 13.1. The first kappa shape index (κ1) is 13.6. The standard InChI is InChI=1S/C8H17N3O4/c1-4-6(15-11(13)14)8(2,3)10-7(12)5-9/h6H,4-5,9H2,1-3H3,(H,10,12). The van der Waals surface area contributed by atoms with Gasteiger partial charge in [0.15, 0.2) is 0 Å². The Morgan fingerprint density at radius 3 is 2.53 bits per heavy atom. The highest BCUT2D eigenvalue weighted by molar-refractivity contribution is 5.78. The van der Waals surface area contributed by atoms with E-state index in [0.29, 0.717) is 6.42 Å². The van der Waals surface area contributed by atoms with Crippen LogP contribution in [-0.2, 0) is 9.63 Å². The number of rotatable bonds is 6. The Hall–Kier alpha value is -1.37. The molecular formula is C8H17N3O4. The van der Waals surface area contributed by atoms with E-state index in [1.54, 1.807) is 20.8 Å². The molecule has 1 amide bonds. The third-order valence-electron chi connectivity index (χ3n) is 2.04. The number of hydrogen-bond donors (Lipinski definition) is 2. The molecule has 0 bridgehead atoms. The predicted octanol–water partition coefficient (Wildman–Crippen LogP) is -0.173. The molecule has 0 fully saturated rings. The van der Waals surface area contributed by atoms with E-state index in [1.807, 2.05) is 0 Å². The highest BCUT2D eigenvalue weighted by Crippen LogP contribution is 2.16. The first-order valence-electron chi connectivity index (χ1n) is 4.65. The second kappa shape index (κ2) is 5.50. The summed E-state index contributed by atoms with van der Waals surface area (Å²) in [5.74, 6) is -0.370. The predicted molar refractivity (Wildman–Crippen MR) is 53.4 cm³/mol. The second-order valence-electron chi connectivity index (χ2n) is 3.70. The first-order valence-corrected chi connectivity index (χ1v) is 4.65. The average Bonchev–Trinajstić information content (AvgIpc) is 2.12. The fraction of sp³-hybridized carbons (Fsp3) is 0.875. The molecule has 0 aliphatic rings. The van der Waals surface area contributed by atoms with Crippen LogP contribution >= 0.6 is 0 Å². The van der Waals surface area contributed by atoms with Crippen LogP contribution in [0.25, 0.3) is 0 Å². The van der Waals surface area contributed by atoms with Gasteiger partial charge < -0.3 is 15.9 Å². The van der Waals surface area contributed by atoms with E-state index in [-0.39, 0.29) is 12.5 Å². The monoisotopic (exact) mass is 219 g/mol. The molecule has 0 heterocycles. The maximum atomic E-state index is 11.1. The minimum atomic E-state index is -0.857. The van der Waals surface area contributed by atoms with Crippen LogP contribution in [0.1, 0.15) is 27.2 Å². The minimum Gasteiger partial charge on any atom is -0.348 e. The molecule has 0 radical (unpaired) electrons. The van der Waals surface area contributed by atoms with Crippen LogP contribution < -0.4 is 11.1 Å². The second-order valence-corrected chi connectivity index (χ2v) is 3.70. The fourth-order valence-electron chi connectivity index (χ4n) is 1.31. The van der Waals surface area contributed by atoms with Crippen molar-refractivity contribution in [1.82, 2.24) is 5.32 Å². The van der Waals surface area contributed by atoms with Crippen molar-refractivity contribution in [3.05, 3.63) is 10.1 Å². The number of amides is 1. The lowest BCUT2D eigenvalue weighted by atomic mass is 9.95. The van der Waals surface area contributed by atoms with Gasteiger partial charge in [-0.3, -0.25) is 4.79 Å². The number of nitrogens with zero attached hydrogens (tertiary/aromatic N) is 1. The Balaban J connectivity index is 4.49. The van der Waals surface area contributed by atoms with Crippen molar-refractivity contribution in [2.45, 2.75) is 38.8 Å².